The van der Waals surface area contributed by atoms with Crippen molar-refractivity contribution in [2.24, 2.45) is 10.2 Å². The van der Waals surface area contributed by atoms with Crippen LogP contribution in [0.5, 0.6) is 0 Å². The molecule has 1 spiro atoms. The van der Waals surface area contributed by atoms with E-state index in [1.807, 2.05) is 42.5 Å². The maximum absolute atomic E-state index is 12.8. The van der Waals surface area contributed by atoms with E-state index in [9.17, 15) is 4.79 Å². The van der Waals surface area contributed by atoms with Crippen LogP contribution >= 0.6 is 0 Å². The zero-order valence-corrected chi connectivity index (χ0v) is 14.2. The zero-order chi connectivity index (χ0) is 18.4. The van der Waals surface area contributed by atoms with Crippen LogP contribution in [0.3, 0.4) is 0 Å². The molecule has 3 aromatic rings. The Labute approximate surface area is 154 Å². The molecule has 1 atom stereocenters. The van der Waals surface area contributed by atoms with Crippen LogP contribution < -0.4 is 21.9 Å². The Balaban J connectivity index is 1.41. The molecule has 134 valence electrons. The van der Waals surface area contributed by atoms with Crippen LogP contribution in [0.1, 0.15) is 17.7 Å². The van der Waals surface area contributed by atoms with Gasteiger partial charge in [0.25, 0.3) is 5.91 Å². The van der Waals surface area contributed by atoms with Gasteiger partial charge in [-0.15, -0.1) is 0 Å². The van der Waals surface area contributed by atoms with Crippen molar-refractivity contribution in [2.75, 3.05) is 5.73 Å². The number of anilines is 1. The van der Waals surface area contributed by atoms with E-state index in [1.54, 1.807) is 12.1 Å². The molecule has 0 radical (unpaired) electrons. The van der Waals surface area contributed by atoms with E-state index in [0.717, 1.165) is 11.0 Å². The molecule has 3 heterocycles. The van der Waals surface area contributed by atoms with Gasteiger partial charge in [0, 0.05) is 23.1 Å². The van der Waals surface area contributed by atoms with Gasteiger partial charge in [-0.25, -0.2) is 0 Å². The van der Waals surface area contributed by atoms with Crippen molar-refractivity contribution in [3.8, 4) is 0 Å². The van der Waals surface area contributed by atoms with Crippen LogP contribution in [0.2, 0.25) is 0 Å². The first kappa shape index (κ1) is 15.4. The zero-order valence-electron chi connectivity index (χ0n) is 14.2. The van der Waals surface area contributed by atoms with Crippen LogP contribution in [-0.2, 0) is 4.79 Å². The SMILES string of the molecule is Nc1ccccc1C1=NNC2(CC(c3cc4ccccc4o3)=NN2)C(=O)N1. The molecule has 2 aromatic carbocycles. The van der Waals surface area contributed by atoms with Crippen molar-refractivity contribution >= 4 is 34.1 Å². The summed E-state index contributed by atoms with van der Waals surface area (Å²) >= 11 is 0. The molecule has 5 N–H and O–H groups in total. The topological polar surface area (TPSA) is 117 Å². The Bertz CT molecular complexity index is 1100. The number of fused-ring (bicyclic) bond motifs is 1. The van der Waals surface area contributed by atoms with Gasteiger partial charge in [0.15, 0.2) is 11.6 Å². The third kappa shape index (κ3) is 2.42. The molecule has 1 aromatic heterocycles. The lowest BCUT2D eigenvalue weighted by Gasteiger charge is -2.31. The molecule has 8 nitrogen and oxygen atoms in total. The van der Waals surface area contributed by atoms with Crippen LogP contribution in [-0.4, -0.2) is 23.1 Å². The fourth-order valence-electron chi connectivity index (χ4n) is 3.24. The normalized spacial score (nSPS) is 21.4. The molecule has 5 rings (SSSR count). The summed E-state index contributed by atoms with van der Waals surface area (Å²) < 4.78 is 5.84. The number of amidine groups is 1. The van der Waals surface area contributed by atoms with Crippen LogP contribution in [0.4, 0.5) is 5.69 Å². The van der Waals surface area contributed by atoms with Gasteiger partial charge in [-0.3, -0.25) is 15.6 Å². The second-order valence-electron chi connectivity index (χ2n) is 6.51. The smallest absolute Gasteiger partial charge is 0.275 e. The molecule has 1 unspecified atom stereocenters. The standard InChI is InChI=1S/C19H16N6O2/c20-13-7-3-2-6-12(13)17-21-18(26)19(25-23-17)10-14(22-24-19)16-9-11-5-1-4-8-15(11)27-16/h1-9,24-25H,10,20H2,(H,21,23,26). The molecule has 0 saturated carbocycles. The summed E-state index contributed by atoms with van der Waals surface area (Å²) in [4.78, 5) is 12.8. The fraction of sp³-hybridized carbons (Fsp3) is 0.105. The van der Waals surface area contributed by atoms with Gasteiger partial charge >= 0.3 is 0 Å². The molecule has 2 aliphatic rings. The minimum absolute atomic E-state index is 0.286. The third-order valence-electron chi connectivity index (χ3n) is 4.72. The lowest BCUT2D eigenvalue weighted by molar-refractivity contribution is -0.127. The molecule has 1 amide bonds. The first-order valence-electron chi connectivity index (χ1n) is 8.48. The Morgan fingerprint density at radius 3 is 2.63 bits per heavy atom. The number of hydrazone groups is 2. The van der Waals surface area contributed by atoms with E-state index < -0.39 is 5.66 Å². The fourth-order valence-corrected chi connectivity index (χ4v) is 3.24. The molecule has 0 bridgehead atoms. The summed E-state index contributed by atoms with van der Waals surface area (Å²) in [5, 5.41) is 12.4. The van der Waals surface area contributed by atoms with E-state index in [2.05, 4.69) is 26.4 Å². The van der Waals surface area contributed by atoms with Gasteiger partial charge in [0.05, 0.1) is 0 Å². The number of carbonyl (C=O) groups is 1. The second kappa shape index (κ2) is 5.60. The summed E-state index contributed by atoms with van der Waals surface area (Å²) in [6.07, 6.45) is 0.291. The lowest BCUT2D eigenvalue weighted by Crippen LogP contribution is -2.65. The molecule has 27 heavy (non-hydrogen) atoms. The van der Waals surface area contributed by atoms with E-state index in [0.29, 0.717) is 35.0 Å². The minimum atomic E-state index is -1.15. The van der Waals surface area contributed by atoms with Crippen LogP contribution in [0.25, 0.3) is 11.0 Å². The maximum Gasteiger partial charge on any atom is 0.275 e. The van der Waals surface area contributed by atoms with Gasteiger partial charge < -0.3 is 15.5 Å². The number of para-hydroxylation sites is 2. The van der Waals surface area contributed by atoms with E-state index >= 15 is 0 Å². The molecular weight excluding hydrogens is 344 g/mol. The number of hydrogen-bond acceptors (Lipinski definition) is 7. The van der Waals surface area contributed by atoms with Crippen molar-refractivity contribution in [1.82, 2.24) is 16.2 Å². The lowest BCUT2D eigenvalue weighted by atomic mass is 10.0. The van der Waals surface area contributed by atoms with Gasteiger partial charge in [0.1, 0.15) is 11.3 Å². The molecular formula is C19H16N6O2. The number of hydrogen-bond donors (Lipinski definition) is 4. The number of rotatable bonds is 2. The monoisotopic (exact) mass is 360 g/mol. The summed E-state index contributed by atoms with van der Waals surface area (Å²) in [5.41, 5.74) is 13.2. The number of nitrogens with two attached hydrogens (primary N) is 1. The largest absolute Gasteiger partial charge is 0.455 e. The van der Waals surface area contributed by atoms with E-state index in [1.165, 1.54) is 0 Å². The highest BCUT2D eigenvalue weighted by molar-refractivity contribution is 6.15. The van der Waals surface area contributed by atoms with E-state index in [-0.39, 0.29) is 5.91 Å². The average Bonchev–Trinajstić information content (AvgIpc) is 3.30. The number of benzene rings is 2. The van der Waals surface area contributed by atoms with Crippen molar-refractivity contribution in [2.45, 2.75) is 12.1 Å². The highest BCUT2D eigenvalue weighted by atomic mass is 16.3. The summed E-state index contributed by atoms with van der Waals surface area (Å²) in [6.45, 7) is 0. The number of amides is 1. The number of furan rings is 1. The quantitative estimate of drug-likeness (QED) is 0.517. The minimum Gasteiger partial charge on any atom is -0.455 e. The highest BCUT2D eigenvalue weighted by Gasteiger charge is 2.47. The van der Waals surface area contributed by atoms with Gasteiger partial charge in [-0.2, -0.15) is 10.2 Å². The molecule has 0 saturated heterocycles. The molecule has 0 fully saturated rings. The highest BCUT2D eigenvalue weighted by Crippen LogP contribution is 2.26. The predicted molar refractivity (Wildman–Crippen MR) is 102 cm³/mol. The number of nitrogens with zero attached hydrogens (tertiary/aromatic N) is 2. The first-order valence-corrected chi connectivity index (χ1v) is 8.48. The Kier molecular flexibility index (Phi) is 3.20. The Morgan fingerprint density at radius 1 is 1.04 bits per heavy atom. The van der Waals surface area contributed by atoms with Gasteiger partial charge in [-0.1, -0.05) is 30.3 Å². The summed E-state index contributed by atoms with van der Waals surface area (Å²) in [6, 6.07) is 16.8. The second-order valence-corrected chi connectivity index (χ2v) is 6.51. The summed E-state index contributed by atoms with van der Waals surface area (Å²) in [7, 11) is 0. The number of nitrogen functional groups attached to an aromatic ring is 1. The van der Waals surface area contributed by atoms with Gasteiger partial charge in [-0.05, 0) is 24.3 Å². The van der Waals surface area contributed by atoms with Crippen molar-refractivity contribution in [3.63, 3.8) is 0 Å². The third-order valence-corrected chi connectivity index (χ3v) is 4.72. The molecule has 2 aliphatic heterocycles. The Morgan fingerprint density at radius 2 is 1.81 bits per heavy atom. The van der Waals surface area contributed by atoms with Crippen molar-refractivity contribution in [3.05, 3.63) is 65.9 Å². The van der Waals surface area contributed by atoms with Crippen LogP contribution in [0.15, 0.2) is 69.2 Å². The molecule has 8 heteroatoms. The number of carbonyl (C=O) groups excluding carboxylic acids is 1. The van der Waals surface area contributed by atoms with Crippen molar-refractivity contribution in [1.29, 1.82) is 0 Å². The maximum atomic E-state index is 12.8. The molecule has 0 aliphatic carbocycles. The average molecular weight is 360 g/mol. The first-order chi connectivity index (χ1) is 13.1. The predicted octanol–water partition coefficient (Wildman–Crippen LogP) is 1.49. The Hall–Kier alpha value is -3.81. The van der Waals surface area contributed by atoms with Crippen molar-refractivity contribution < 1.29 is 9.21 Å². The summed E-state index contributed by atoms with van der Waals surface area (Å²) in [5.74, 6) is 0.714. The number of nitrogens with one attached hydrogen (secondary N) is 3. The van der Waals surface area contributed by atoms with Crippen LogP contribution in [0, 0.1) is 0 Å². The van der Waals surface area contributed by atoms with E-state index in [4.69, 9.17) is 10.2 Å². The van der Waals surface area contributed by atoms with Gasteiger partial charge in [0.2, 0.25) is 5.66 Å².